The Labute approximate surface area is 228 Å². The van der Waals surface area contributed by atoms with Gasteiger partial charge in [0.1, 0.15) is 5.75 Å². The summed E-state index contributed by atoms with van der Waals surface area (Å²) in [6.45, 7) is 4.20. The average Bonchev–Trinajstić information content (AvgIpc) is 3.39. The highest BCUT2D eigenvalue weighted by Gasteiger charge is 2.42. The van der Waals surface area contributed by atoms with Gasteiger partial charge in [-0.05, 0) is 80.2 Å². The molecule has 0 amide bonds. The number of rotatable bonds is 7. The summed E-state index contributed by atoms with van der Waals surface area (Å²) >= 11 is 5.88. The average molecular weight is 548 g/mol. The Balaban J connectivity index is 1.68. The molecule has 0 saturated carbocycles. The number of ether oxygens (including phenoxy) is 1. The summed E-state index contributed by atoms with van der Waals surface area (Å²) in [5, 5.41) is 3.99. The highest BCUT2D eigenvalue weighted by molar-refractivity contribution is 7.92. The zero-order valence-electron chi connectivity index (χ0n) is 21.5. The summed E-state index contributed by atoms with van der Waals surface area (Å²) in [6.07, 6.45) is 2.88. The molecule has 2 aromatic heterocycles. The topological polar surface area (TPSA) is 88.5 Å². The first-order valence-corrected chi connectivity index (χ1v) is 14.4. The highest BCUT2D eigenvalue weighted by Crippen LogP contribution is 2.45. The number of para-hydroxylation sites is 1. The molecule has 10 heteroatoms. The number of sulfonamides is 1. The fraction of sp³-hybridized carbons (Fsp3) is 0.214. The van der Waals surface area contributed by atoms with Crippen LogP contribution in [0.5, 0.6) is 5.75 Å². The first kappa shape index (κ1) is 25.7. The number of hydrogen-bond acceptors (Lipinski definition) is 5. The molecule has 5 rings (SSSR count). The maximum atomic E-state index is 12.1. The zero-order valence-corrected chi connectivity index (χ0v) is 23.2. The molecule has 8 nitrogen and oxygen atoms in total. The number of aromatic nitrogens is 2. The third-order valence-corrected chi connectivity index (χ3v) is 7.56. The van der Waals surface area contributed by atoms with Crippen molar-refractivity contribution in [2.24, 2.45) is 0 Å². The van der Waals surface area contributed by atoms with E-state index < -0.39 is 10.0 Å². The van der Waals surface area contributed by atoms with Crippen LogP contribution in [0.2, 0.25) is 0 Å². The quantitative estimate of drug-likeness (QED) is 0.313. The number of thiocarbonyl (C=S) groups is 1. The molecule has 2 aromatic carbocycles. The monoisotopic (exact) mass is 547 g/mol. The molecule has 3 heterocycles. The standard InChI is InChI=1S/C28H29N5O3S2/c1-18-16-22(19(2)32(18)20-10-6-5-7-11-20)27-26(23-12-8-9-15-29-23)30-28(37)33(27)21-13-14-25(36-3)24(17-21)31-38(4,34)35/h5-17,26-27,31H,1-4H3,(H,30,37)/t26-,27+/m1/s1. The van der Waals surface area contributed by atoms with Crippen LogP contribution < -0.4 is 19.7 Å². The summed E-state index contributed by atoms with van der Waals surface area (Å²) in [5.74, 6) is 0.414. The van der Waals surface area contributed by atoms with E-state index >= 15 is 0 Å². The van der Waals surface area contributed by atoms with Crippen molar-refractivity contribution in [2.45, 2.75) is 25.9 Å². The minimum Gasteiger partial charge on any atom is -0.495 e. The van der Waals surface area contributed by atoms with Gasteiger partial charge in [0.15, 0.2) is 5.11 Å². The van der Waals surface area contributed by atoms with E-state index in [9.17, 15) is 8.42 Å². The molecule has 4 aromatic rings. The van der Waals surface area contributed by atoms with Crippen molar-refractivity contribution in [1.29, 1.82) is 0 Å². The zero-order chi connectivity index (χ0) is 27.0. The molecule has 0 aliphatic carbocycles. The molecule has 1 aliphatic rings. The Hall–Kier alpha value is -3.89. The summed E-state index contributed by atoms with van der Waals surface area (Å²) < 4.78 is 34.4. The van der Waals surface area contributed by atoms with E-state index in [1.54, 1.807) is 18.3 Å². The molecule has 2 N–H and O–H groups in total. The van der Waals surface area contributed by atoms with E-state index in [1.807, 2.05) is 47.4 Å². The molecular weight excluding hydrogens is 518 g/mol. The van der Waals surface area contributed by atoms with Crippen LogP contribution in [0.25, 0.3) is 5.69 Å². The Morgan fingerprint density at radius 3 is 2.39 bits per heavy atom. The lowest BCUT2D eigenvalue weighted by atomic mass is 9.96. The molecule has 1 fully saturated rings. The van der Waals surface area contributed by atoms with Gasteiger partial charge in [-0.2, -0.15) is 0 Å². The van der Waals surface area contributed by atoms with Crippen LogP contribution in [0, 0.1) is 13.8 Å². The maximum Gasteiger partial charge on any atom is 0.229 e. The lowest BCUT2D eigenvalue weighted by Crippen LogP contribution is -2.29. The predicted octanol–water partition coefficient (Wildman–Crippen LogP) is 5.05. The van der Waals surface area contributed by atoms with E-state index in [2.05, 4.69) is 51.6 Å². The van der Waals surface area contributed by atoms with Gasteiger partial charge in [0, 0.05) is 29.0 Å². The number of aryl methyl sites for hydroxylation is 1. The molecule has 38 heavy (non-hydrogen) atoms. The van der Waals surface area contributed by atoms with Gasteiger partial charge < -0.3 is 19.5 Å². The van der Waals surface area contributed by atoms with Gasteiger partial charge in [-0.3, -0.25) is 9.71 Å². The maximum absolute atomic E-state index is 12.1. The third kappa shape index (κ3) is 4.84. The van der Waals surface area contributed by atoms with Crippen LogP contribution in [0.4, 0.5) is 11.4 Å². The summed E-state index contributed by atoms with van der Waals surface area (Å²) in [6, 6.07) is 23.1. The van der Waals surface area contributed by atoms with Gasteiger partial charge in [-0.25, -0.2) is 8.42 Å². The second kappa shape index (κ2) is 10.1. The van der Waals surface area contributed by atoms with Crippen LogP contribution in [-0.2, 0) is 10.0 Å². The first-order chi connectivity index (χ1) is 18.2. The van der Waals surface area contributed by atoms with E-state index in [4.69, 9.17) is 17.0 Å². The molecular formula is C28H29N5O3S2. The molecule has 0 spiro atoms. The van der Waals surface area contributed by atoms with Crippen molar-refractivity contribution in [1.82, 2.24) is 14.9 Å². The van der Waals surface area contributed by atoms with Crippen LogP contribution >= 0.6 is 12.2 Å². The fourth-order valence-electron chi connectivity index (χ4n) is 5.14. The van der Waals surface area contributed by atoms with Crippen molar-refractivity contribution in [3.63, 3.8) is 0 Å². The van der Waals surface area contributed by atoms with E-state index in [0.717, 1.165) is 40.3 Å². The van der Waals surface area contributed by atoms with Crippen molar-refractivity contribution < 1.29 is 13.2 Å². The van der Waals surface area contributed by atoms with Gasteiger partial charge in [0.2, 0.25) is 10.0 Å². The Bertz CT molecular complexity index is 1590. The van der Waals surface area contributed by atoms with Crippen LogP contribution in [0.3, 0.4) is 0 Å². The largest absolute Gasteiger partial charge is 0.495 e. The van der Waals surface area contributed by atoms with Gasteiger partial charge in [0.05, 0.1) is 36.8 Å². The smallest absolute Gasteiger partial charge is 0.229 e. The molecule has 2 atom stereocenters. The van der Waals surface area contributed by atoms with Crippen molar-refractivity contribution in [3.8, 4) is 11.4 Å². The minimum absolute atomic E-state index is 0.234. The van der Waals surface area contributed by atoms with E-state index in [0.29, 0.717) is 16.5 Å². The SMILES string of the molecule is COc1ccc(N2C(=S)N[C@H](c3ccccn3)[C@@H]2c2cc(C)n(-c3ccccc3)c2C)cc1NS(C)(=O)=O. The highest BCUT2D eigenvalue weighted by atomic mass is 32.2. The molecule has 0 unspecified atom stereocenters. The van der Waals surface area contributed by atoms with Crippen molar-refractivity contribution in [2.75, 3.05) is 23.0 Å². The number of hydrogen-bond donors (Lipinski definition) is 2. The molecule has 196 valence electrons. The molecule has 0 radical (unpaired) electrons. The van der Waals surface area contributed by atoms with Crippen LogP contribution in [0.1, 0.15) is 34.7 Å². The van der Waals surface area contributed by atoms with Gasteiger partial charge in [0.25, 0.3) is 0 Å². The van der Waals surface area contributed by atoms with Crippen molar-refractivity contribution in [3.05, 3.63) is 102 Å². The van der Waals surface area contributed by atoms with Crippen molar-refractivity contribution >= 4 is 38.7 Å². The predicted molar refractivity (Wildman–Crippen MR) is 155 cm³/mol. The Morgan fingerprint density at radius 2 is 1.74 bits per heavy atom. The lowest BCUT2D eigenvalue weighted by molar-refractivity contribution is 0.417. The van der Waals surface area contributed by atoms with Crippen LogP contribution in [0.15, 0.2) is 79.0 Å². The van der Waals surface area contributed by atoms with Gasteiger partial charge in [-0.15, -0.1) is 0 Å². The molecule has 1 aliphatic heterocycles. The second-order valence-electron chi connectivity index (χ2n) is 9.25. The minimum atomic E-state index is -3.53. The van der Waals surface area contributed by atoms with Gasteiger partial charge >= 0.3 is 0 Å². The normalized spacial score (nSPS) is 17.4. The number of benzene rings is 2. The number of pyridine rings is 1. The number of nitrogens with zero attached hydrogens (tertiary/aromatic N) is 3. The van der Waals surface area contributed by atoms with E-state index in [-0.39, 0.29) is 12.1 Å². The number of methoxy groups -OCH3 is 1. The van der Waals surface area contributed by atoms with Crippen LogP contribution in [-0.4, -0.2) is 36.4 Å². The van der Waals surface area contributed by atoms with E-state index in [1.165, 1.54) is 7.11 Å². The lowest BCUT2D eigenvalue weighted by Gasteiger charge is -2.29. The summed E-state index contributed by atoms with van der Waals surface area (Å²) in [4.78, 5) is 6.67. The fourth-order valence-corrected chi connectivity index (χ4v) is 6.04. The summed E-state index contributed by atoms with van der Waals surface area (Å²) in [5.41, 5.74) is 6.26. The third-order valence-electron chi connectivity index (χ3n) is 6.66. The number of anilines is 2. The first-order valence-electron chi connectivity index (χ1n) is 12.1. The molecule has 1 saturated heterocycles. The molecule has 0 bridgehead atoms. The number of nitrogens with one attached hydrogen (secondary N) is 2. The Kier molecular flexibility index (Phi) is 6.85. The van der Waals surface area contributed by atoms with Gasteiger partial charge in [-0.1, -0.05) is 24.3 Å². The second-order valence-corrected chi connectivity index (χ2v) is 11.4. The summed E-state index contributed by atoms with van der Waals surface area (Å²) in [7, 11) is -2.03. The Morgan fingerprint density at radius 1 is 1.00 bits per heavy atom.